The quantitative estimate of drug-likeness (QED) is 0.726. The fourth-order valence-corrected chi connectivity index (χ4v) is 3.66. The van der Waals surface area contributed by atoms with Crippen LogP contribution in [-0.4, -0.2) is 29.6 Å². The largest absolute Gasteiger partial charge is 0.349 e. The summed E-state index contributed by atoms with van der Waals surface area (Å²) in [4.78, 5) is 35.5. The fourth-order valence-electron chi connectivity index (χ4n) is 2.56. The van der Waals surface area contributed by atoms with Crippen LogP contribution >= 0.6 is 11.8 Å². The highest BCUT2D eigenvalue weighted by Crippen LogP contribution is 2.36. The van der Waals surface area contributed by atoms with Crippen molar-refractivity contribution in [1.29, 1.82) is 0 Å². The average molecular weight is 323 g/mol. The van der Waals surface area contributed by atoms with Crippen molar-refractivity contribution in [3.63, 3.8) is 0 Å². The summed E-state index contributed by atoms with van der Waals surface area (Å²) in [6.07, 6.45) is 0.557. The highest BCUT2D eigenvalue weighted by Gasteiger charge is 2.32. The van der Waals surface area contributed by atoms with E-state index in [1.807, 2.05) is 0 Å². The van der Waals surface area contributed by atoms with Crippen molar-refractivity contribution in [3.8, 4) is 0 Å². The van der Waals surface area contributed by atoms with Gasteiger partial charge in [0.2, 0.25) is 5.91 Å². The molecule has 0 aliphatic carbocycles. The molecule has 1 aromatic carbocycles. The maximum atomic E-state index is 13.4. The van der Waals surface area contributed by atoms with E-state index in [9.17, 15) is 18.8 Å². The van der Waals surface area contributed by atoms with E-state index in [1.165, 1.54) is 12.1 Å². The number of carbonyl (C=O) groups excluding carboxylic acids is 3. The van der Waals surface area contributed by atoms with Crippen LogP contribution in [-0.2, 0) is 9.59 Å². The zero-order valence-electron chi connectivity index (χ0n) is 11.5. The zero-order valence-corrected chi connectivity index (χ0v) is 12.3. The van der Waals surface area contributed by atoms with Gasteiger partial charge in [-0.2, -0.15) is 0 Å². The van der Waals surface area contributed by atoms with Crippen LogP contribution in [0.5, 0.6) is 0 Å². The minimum absolute atomic E-state index is 0.133. The Bertz CT molecular complexity index is 652. The van der Waals surface area contributed by atoms with Gasteiger partial charge in [0.15, 0.2) is 0 Å². The van der Waals surface area contributed by atoms with E-state index < -0.39 is 18.0 Å². The van der Waals surface area contributed by atoms with Gasteiger partial charge in [0.1, 0.15) is 11.9 Å². The molecule has 0 unspecified atom stereocenters. The molecule has 2 heterocycles. The Hall–Kier alpha value is -2.09. The molecule has 3 N–H and O–H groups in total. The van der Waals surface area contributed by atoms with E-state index in [4.69, 9.17) is 0 Å². The molecule has 1 aromatic rings. The first-order valence-corrected chi connectivity index (χ1v) is 7.84. The Morgan fingerprint density at radius 2 is 2.23 bits per heavy atom. The molecule has 8 heteroatoms. The lowest BCUT2D eigenvalue weighted by atomic mass is 10.0. The molecular weight excluding hydrogens is 309 g/mol. The number of nitrogens with one attached hydrogen (secondary N) is 3. The van der Waals surface area contributed by atoms with E-state index >= 15 is 0 Å². The van der Waals surface area contributed by atoms with Crippen LogP contribution in [0.4, 0.5) is 9.18 Å². The topological polar surface area (TPSA) is 87.3 Å². The van der Waals surface area contributed by atoms with Gasteiger partial charge in [0, 0.05) is 10.6 Å². The molecule has 1 fully saturated rings. The normalized spacial score (nSPS) is 23.5. The van der Waals surface area contributed by atoms with Gasteiger partial charge in [-0.15, -0.1) is 11.8 Å². The molecule has 4 amide bonds. The molecule has 1 saturated heterocycles. The van der Waals surface area contributed by atoms with E-state index in [-0.39, 0.29) is 24.2 Å². The molecular formula is C14H14FN3O3S. The Morgan fingerprint density at radius 3 is 2.95 bits per heavy atom. The molecule has 2 atom stereocenters. The first kappa shape index (κ1) is 14.8. The number of hydrogen-bond acceptors (Lipinski definition) is 4. The fraction of sp³-hybridized carbons (Fsp3) is 0.357. The first-order valence-electron chi connectivity index (χ1n) is 6.86. The highest BCUT2D eigenvalue weighted by molar-refractivity contribution is 7.99. The molecule has 0 radical (unpaired) electrons. The van der Waals surface area contributed by atoms with Crippen LogP contribution in [0.2, 0.25) is 0 Å². The third-order valence-corrected chi connectivity index (χ3v) is 4.72. The van der Waals surface area contributed by atoms with Crippen molar-refractivity contribution in [2.24, 2.45) is 0 Å². The van der Waals surface area contributed by atoms with Gasteiger partial charge in [0.05, 0.1) is 12.5 Å². The van der Waals surface area contributed by atoms with Crippen molar-refractivity contribution in [2.75, 3.05) is 5.75 Å². The molecule has 0 saturated carbocycles. The molecule has 6 nitrogen and oxygen atoms in total. The summed E-state index contributed by atoms with van der Waals surface area (Å²) >= 11 is 1.62. The van der Waals surface area contributed by atoms with Gasteiger partial charge in [-0.25, -0.2) is 9.18 Å². The Labute approximate surface area is 130 Å². The van der Waals surface area contributed by atoms with Gasteiger partial charge < -0.3 is 10.6 Å². The van der Waals surface area contributed by atoms with Crippen molar-refractivity contribution < 1.29 is 18.8 Å². The van der Waals surface area contributed by atoms with Gasteiger partial charge in [0.25, 0.3) is 5.91 Å². The summed E-state index contributed by atoms with van der Waals surface area (Å²) in [5.74, 6) is -0.382. The van der Waals surface area contributed by atoms with Crippen LogP contribution in [0.25, 0.3) is 0 Å². The van der Waals surface area contributed by atoms with Gasteiger partial charge in [-0.1, -0.05) is 0 Å². The van der Waals surface area contributed by atoms with Gasteiger partial charge in [-0.05, 0) is 30.2 Å². The van der Waals surface area contributed by atoms with E-state index in [0.29, 0.717) is 6.42 Å². The molecule has 22 heavy (non-hydrogen) atoms. The van der Waals surface area contributed by atoms with Crippen molar-refractivity contribution in [2.45, 2.75) is 29.8 Å². The monoisotopic (exact) mass is 323 g/mol. The second-order valence-corrected chi connectivity index (χ2v) is 6.30. The Kier molecular flexibility index (Phi) is 4.02. The summed E-state index contributed by atoms with van der Waals surface area (Å²) in [6.45, 7) is 0. The number of rotatable bonds is 3. The van der Waals surface area contributed by atoms with E-state index in [1.54, 1.807) is 17.8 Å². The number of benzene rings is 1. The van der Waals surface area contributed by atoms with Crippen molar-refractivity contribution in [1.82, 2.24) is 16.0 Å². The number of fused-ring (bicyclic) bond motifs is 1. The lowest BCUT2D eigenvalue weighted by Crippen LogP contribution is -2.38. The number of hydrogen-bond donors (Lipinski definition) is 3. The molecule has 0 bridgehead atoms. The molecule has 3 rings (SSSR count). The van der Waals surface area contributed by atoms with E-state index in [2.05, 4.69) is 16.0 Å². The lowest BCUT2D eigenvalue weighted by Gasteiger charge is -2.26. The van der Waals surface area contributed by atoms with Crippen LogP contribution in [0.3, 0.4) is 0 Å². The number of urea groups is 1. The standard InChI is InChI=1S/C14H14FN3O3S/c15-7-1-2-11-8(5-7)9(3-4-22-11)16-12(19)6-10-13(20)18-14(21)17-10/h1-2,5,9-10H,3-4,6H2,(H,16,19)(H2,17,18,20,21)/t9-,10+/m1/s1. The predicted molar refractivity (Wildman–Crippen MR) is 77.7 cm³/mol. The molecule has 2 aliphatic heterocycles. The van der Waals surface area contributed by atoms with Crippen molar-refractivity contribution >= 4 is 29.6 Å². The third kappa shape index (κ3) is 3.06. The van der Waals surface area contributed by atoms with Crippen molar-refractivity contribution in [3.05, 3.63) is 29.6 Å². The summed E-state index contributed by atoms with van der Waals surface area (Å²) in [6, 6.07) is 2.81. The number of imide groups is 1. The van der Waals surface area contributed by atoms with Crippen LogP contribution in [0, 0.1) is 5.82 Å². The van der Waals surface area contributed by atoms with Crippen LogP contribution < -0.4 is 16.0 Å². The smallest absolute Gasteiger partial charge is 0.322 e. The maximum absolute atomic E-state index is 13.4. The second-order valence-electron chi connectivity index (χ2n) is 5.16. The van der Waals surface area contributed by atoms with Crippen LogP contribution in [0.1, 0.15) is 24.4 Å². The molecule has 0 aromatic heterocycles. The van der Waals surface area contributed by atoms with Gasteiger partial charge >= 0.3 is 6.03 Å². The predicted octanol–water partition coefficient (Wildman–Crippen LogP) is 1.08. The minimum atomic E-state index is -0.850. The first-order chi connectivity index (χ1) is 10.5. The third-order valence-electron chi connectivity index (χ3n) is 3.59. The number of amides is 4. The molecule has 0 spiro atoms. The number of thioether (sulfide) groups is 1. The summed E-state index contributed by atoms with van der Waals surface area (Å²) in [5, 5.41) is 7.27. The van der Waals surface area contributed by atoms with Gasteiger partial charge in [-0.3, -0.25) is 14.9 Å². The minimum Gasteiger partial charge on any atom is -0.349 e. The number of carbonyl (C=O) groups is 3. The second kappa shape index (κ2) is 5.96. The summed E-state index contributed by atoms with van der Waals surface area (Å²) in [7, 11) is 0. The van der Waals surface area contributed by atoms with Crippen LogP contribution in [0.15, 0.2) is 23.1 Å². The summed E-state index contributed by atoms with van der Waals surface area (Å²) in [5.41, 5.74) is 0.754. The maximum Gasteiger partial charge on any atom is 0.322 e. The SMILES string of the molecule is O=C(C[C@@H]1NC(=O)NC1=O)N[C@@H]1CCSc2ccc(F)cc21. The Balaban J connectivity index is 1.67. The summed E-state index contributed by atoms with van der Waals surface area (Å²) < 4.78 is 13.4. The Morgan fingerprint density at radius 1 is 1.41 bits per heavy atom. The molecule has 116 valence electrons. The average Bonchev–Trinajstić information content (AvgIpc) is 2.77. The number of halogens is 1. The zero-order chi connectivity index (χ0) is 15.7. The molecule has 2 aliphatic rings. The highest BCUT2D eigenvalue weighted by atomic mass is 32.2. The lowest BCUT2D eigenvalue weighted by molar-refractivity contribution is -0.126. The van der Waals surface area contributed by atoms with E-state index in [0.717, 1.165) is 16.2 Å².